The van der Waals surface area contributed by atoms with Gasteiger partial charge < -0.3 is 10.5 Å². The van der Waals surface area contributed by atoms with Crippen LogP contribution in [0, 0.1) is 23.2 Å². The lowest BCUT2D eigenvalue weighted by Crippen LogP contribution is -2.03. The van der Waals surface area contributed by atoms with Crippen LogP contribution < -0.4 is 10.5 Å². The summed E-state index contributed by atoms with van der Waals surface area (Å²) < 4.78 is 5.60. The molecule has 0 aliphatic heterocycles. The predicted octanol–water partition coefficient (Wildman–Crippen LogP) is 2.18. The topological polar surface area (TPSA) is 59.0 Å². The van der Waals surface area contributed by atoms with Gasteiger partial charge in [0, 0.05) is 0 Å². The molecule has 3 heteroatoms. The van der Waals surface area contributed by atoms with E-state index in [1.165, 1.54) is 6.42 Å². The fraction of sp³-hybridized carbons (Fsp3) is 0.417. The highest BCUT2D eigenvalue weighted by molar-refractivity contribution is 5.60. The maximum atomic E-state index is 8.92. The molecule has 0 heterocycles. The van der Waals surface area contributed by atoms with Crippen molar-refractivity contribution < 1.29 is 4.74 Å². The zero-order valence-corrected chi connectivity index (χ0v) is 8.73. The summed E-state index contributed by atoms with van der Waals surface area (Å²) in [5, 5.41) is 8.92. The van der Waals surface area contributed by atoms with Gasteiger partial charge in [-0.2, -0.15) is 5.26 Å². The molecule has 0 bridgehead atoms. The van der Waals surface area contributed by atoms with Crippen LogP contribution in [0.3, 0.4) is 0 Å². The van der Waals surface area contributed by atoms with Gasteiger partial charge in [0.25, 0.3) is 0 Å². The number of nitriles is 1. The summed E-state index contributed by atoms with van der Waals surface area (Å²) in [4.78, 5) is 0. The monoisotopic (exact) mass is 202 g/mol. The molecule has 0 saturated heterocycles. The molecule has 2 N–H and O–H groups in total. The molecule has 1 aromatic rings. The summed E-state index contributed by atoms with van der Waals surface area (Å²) in [7, 11) is 0. The van der Waals surface area contributed by atoms with Crippen molar-refractivity contribution in [3.05, 3.63) is 23.8 Å². The minimum Gasteiger partial charge on any atom is -0.492 e. The molecular formula is C12H14N2O. The molecule has 1 fully saturated rings. The maximum absolute atomic E-state index is 8.92. The summed E-state index contributed by atoms with van der Waals surface area (Å²) in [6.07, 6.45) is 1.23. The van der Waals surface area contributed by atoms with Crippen molar-refractivity contribution in [3.8, 4) is 11.8 Å². The third-order valence-corrected chi connectivity index (χ3v) is 2.90. The van der Waals surface area contributed by atoms with Gasteiger partial charge in [0.15, 0.2) is 0 Å². The molecule has 15 heavy (non-hydrogen) atoms. The number of benzene rings is 1. The molecule has 1 saturated carbocycles. The summed E-state index contributed by atoms with van der Waals surface area (Å²) >= 11 is 0. The van der Waals surface area contributed by atoms with E-state index in [1.807, 2.05) is 6.07 Å². The highest BCUT2D eigenvalue weighted by atomic mass is 16.5. The predicted molar refractivity (Wildman–Crippen MR) is 58.3 cm³/mol. The van der Waals surface area contributed by atoms with Crippen LogP contribution in [-0.2, 0) is 0 Å². The van der Waals surface area contributed by atoms with Gasteiger partial charge in [0.05, 0.1) is 12.3 Å². The highest BCUT2D eigenvalue weighted by Gasteiger charge is 2.33. The highest BCUT2D eigenvalue weighted by Crippen LogP contribution is 2.38. The van der Waals surface area contributed by atoms with Gasteiger partial charge in [0.2, 0.25) is 0 Å². The Kier molecular flexibility index (Phi) is 2.51. The second kappa shape index (κ2) is 3.82. The van der Waals surface area contributed by atoms with Crippen LogP contribution in [0.4, 0.5) is 5.69 Å². The number of nitrogen functional groups attached to an aromatic ring is 1. The fourth-order valence-electron chi connectivity index (χ4n) is 1.62. The van der Waals surface area contributed by atoms with Crippen molar-refractivity contribution in [2.24, 2.45) is 11.8 Å². The molecule has 2 unspecified atom stereocenters. The lowest BCUT2D eigenvalue weighted by Gasteiger charge is -2.08. The number of rotatable bonds is 3. The van der Waals surface area contributed by atoms with Gasteiger partial charge in [-0.3, -0.25) is 0 Å². The fourth-order valence-corrected chi connectivity index (χ4v) is 1.62. The standard InChI is InChI=1S/C12H14N2O/c1-8-5-9(8)7-15-12-4-2-3-11(14)10(12)6-13/h2-4,8-9H,5,7,14H2,1H3. The number of hydrogen-bond acceptors (Lipinski definition) is 3. The van der Waals surface area contributed by atoms with Crippen molar-refractivity contribution in [1.29, 1.82) is 5.26 Å². The lowest BCUT2D eigenvalue weighted by atomic mass is 10.2. The maximum Gasteiger partial charge on any atom is 0.139 e. The normalized spacial score (nSPS) is 23.2. The van der Waals surface area contributed by atoms with E-state index in [4.69, 9.17) is 15.7 Å². The van der Waals surface area contributed by atoms with E-state index in [0.717, 1.165) is 5.92 Å². The van der Waals surface area contributed by atoms with E-state index in [-0.39, 0.29) is 0 Å². The summed E-state index contributed by atoms with van der Waals surface area (Å²) in [5.74, 6) is 2.02. The van der Waals surface area contributed by atoms with Crippen molar-refractivity contribution >= 4 is 5.69 Å². The van der Waals surface area contributed by atoms with Crippen LogP contribution in [0.25, 0.3) is 0 Å². The van der Waals surface area contributed by atoms with Crippen LogP contribution in [-0.4, -0.2) is 6.61 Å². The van der Waals surface area contributed by atoms with Crippen molar-refractivity contribution in [2.45, 2.75) is 13.3 Å². The Morgan fingerprint density at radius 1 is 1.60 bits per heavy atom. The van der Waals surface area contributed by atoms with Gasteiger partial charge in [-0.25, -0.2) is 0 Å². The first kappa shape index (κ1) is 9.85. The molecule has 0 amide bonds. The molecule has 0 aromatic heterocycles. The molecule has 3 nitrogen and oxygen atoms in total. The zero-order chi connectivity index (χ0) is 10.8. The second-order valence-electron chi connectivity index (χ2n) is 4.12. The van der Waals surface area contributed by atoms with Crippen molar-refractivity contribution in [3.63, 3.8) is 0 Å². The first-order valence-electron chi connectivity index (χ1n) is 5.13. The number of ether oxygens (including phenoxy) is 1. The van der Waals surface area contributed by atoms with Crippen LogP contribution in [0.5, 0.6) is 5.75 Å². The first-order valence-corrected chi connectivity index (χ1v) is 5.13. The van der Waals surface area contributed by atoms with E-state index in [1.54, 1.807) is 12.1 Å². The minimum absolute atomic E-state index is 0.450. The number of hydrogen-bond donors (Lipinski definition) is 1. The van der Waals surface area contributed by atoms with Gasteiger partial charge in [-0.1, -0.05) is 13.0 Å². The third-order valence-electron chi connectivity index (χ3n) is 2.90. The molecule has 0 spiro atoms. The Balaban J connectivity index is 2.07. The lowest BCUT2D eigenvalue weighted by molar-refractivity contribution is 0.293. The number of nitrogens with zero attached hydrogens (tertiary/aromatic N) is 1. The first-order chi connectivity index (χ1) is 7.22. The molecule has 78 valence electrons. The Morgan fingerprint density at radius 3 is 2.93 bits per heavy atom. The van der Waals surface area contributed by atoms with Gasteiger partial charge in [-0.15, -0.1) is 0 Å². The SMILES string of the molecule is CC1CC1COc1cccc(N)c1C#N. The van der Waals surface area contributed by atoms with E-state index in [9.17, 15) is 0 Å². The van der Waals surface area contributed by atoms with Gasteiger partial charge in [0.1, 0.15) is 17.4 Å². The van der Waals surface area contributed by atoms with E-state index >= 15 is 0 Å². The summed E-state index contributed by atoms with van der Waals surface area (Å²) in [5.41, 5.74) is 6.61. The van der Waals surface area contributed by atoms with Gasteiger partial charge >= 0.3 is 0 Å². The quantitative estimate of drug-likeness (QED) is 0.764. The molecule has 1 aliphatic rings. The van der Waals surface area contributed by atoms with Crippen molar-refractivity contribution in [2.75, 3.05) is 12.3 Å². The van der Waals surface area contributed by atoms with Crippen LogP contribution in [0.15, 0.2) is 18.2 Å². The molecule has 2 atom stereocenters. The second-order valence-corrected chi connectivity index (χ2v) is 4.12. The Hall–Kier alpha value is -1.69. The summed E-state index contributed by atoms with van der Waals surface area (Å²) in [6, 6.07) is 7.38. The molecular weight excluding hydrogens is 188 g/mol. The molecule has 0 radical (unpaired) electrons. The largest absolute Gasteiger partial charge is 0.492 e. The molecule has 2 rings (SSSR count). The number of anilines is 1. The van der Waals surface area contributed by atoms with Crippen LogP contribution >= 0.6 is 0 Å². The smallest absolute Gasteiger partial charge is 0.139 e. The Morgan fingerprint density at radius 2 is 2.33 bits per heavy atom. The number of nitrogens with two attached hydrogens (primary N) is 1. The Bertz CT molecular complexity index is 409. The van der Waals surface area contributed by atoms with Crippen LogP contribution in [0.1, 0.15) is 18.9 Å². The van der Waals surface area contributed by atoms with Crippen LogP contribution in [0.2, 0.25) is 0 Å². The Labute approximate surface area is 89.5 Å². The average molecular weight is 202 g/mol. The van der Waals surface area contributed by atoms with Crippen molar-refractivity contribution in [1.82, 2.24) is 0 Å². The molecule has 1 aromatic carbocycles. The summed E-state index contributed by atoms with van der Waals surface area (Å²) in [6.45, 7) is 2.90. The van der Waals surface area contributed by atoms with Gasteiger partial charge in [-0.05, 0) is 30.4 Å². The average Bonchev–Trinajstić information content (AvgIpc) is 2.92. The third kappa shape index (κ3) is 2.04. The zero-order valence-electron chi connectivity index (χ0n) is 8.73. The minimum atomic E-state index is 0.450. The van der Waals surface area contributed by atoms with E-state index in [0.29, 0.717) is 29.5 Å². The molecule has 1 aliphatic carbocycles. The van der Waals surface area contributed by atoms with E-state index < -0.39 is 0 Å². The van der Waals surface area contributed by atoms with E-state index in [2.05, 4.69) is 13.0 Å².